The second-order valence-corrected chi connectivity index (χ2v) is 5.61. The fourth-order valence-electron chi connectivity index (χ4n) is 2.20. The van der Waals surface area contributed by atoms with E-state index in [-0.39, 0.29) is 11.7 Å². The third kappa shape index (κ3) is 2.21. The number of nitrogens with zero attached hydrogens (tertiary/aromatic N) is 3. The lowest BCUT2D eigenvalue weighted by Gasteiger charge is -2.10. The van der Waals surface area contributed by atoms with Crippen molar-refractivity contribution in [1.82, 2.24) is 14.5 Å². The molecule has 2 aromatic heterocycles. The summed E-state index contributed by atoms with van der Waals surface area (Å²) >= 11 is 9.35. The maximum atomic E-state index is 13.3. The average molecular weight is 355 g/mol. The normalized spacial score (nSPS) is 11.2. The van der Waals surface area contributed by atoms with E-state index in [0.29, 0.717) is 11.5 Å². The van der Waals surface area contributed by atoms with Crippen molar-refractivity contribution >= 4 is 38.7 Å². The van der Waals surface area contributed by atoms with Crippen LogP contribution in [0.4, 0.5) is 4.39 Å². The number of hydrogen-bond acceptors (Lipinski definition) is 2. The molecule has 2 heterocycles. The molecule has 0 aliphatic heterocycles. The van der Waals surface area contributed by atoms with Gasteiger partial charge in [0.05, 0.1) is 11.6 Å². The highest BCUT2D eigenvalue weighted by atomic mass is 79.9. The van der Waals surface area contributed by atoms with Gasteiger partial charge in [0.15, 0.2) is 5.65 Å². The molecule has 3 rings (SSSR count). The highest BCUT2D eigenvalue weighted by molar-refractivity contribution is 9.10. The summed E-state index contributed by atoms with van der Waals surface area (Å²) in [4.78, 5) is 8.87. The molecule has 0 aliphatic carbocycles. The third-order valence-corrected chi connectivity index (χ3v) is 3.73. The topological polar surface area (TPSA) is 30.7 Å². The van der Waals surface area contributed by atoms with E-state index in [9.17, 15) is 4.39 Å². The fraction of sp³-hybridized carbons (Fsp3) is 0.143. The lowest BCUT2D eigenvalue weighted by molar-refractivity contribution is 0.626. The Morgan fingerprint density at radius 1 is 1.35 bits per heavy atom. The zero-order valence-corrected chi connectivity index (χ0v) is 12.9. The first-order valence-electron chi connectivity index (χ1n) is 5.95. The number of halogens is 3. The molecule has 0 saturated carbocycles. The molecule has 0 radical (unpaired) electrons. The van der Waals surface area contributed by atoms with Crippen molar-refractivity contribution in [3.8, 4) is 5.69 Å². The summed E-state index contributed by atoms with van der Waals surface area (Å²) in [6.07, 6.45) is 1.71. The number of fused-ring (bicyclic) bond motifs is 1. The molecular weight excluding hydrogens is 345 g/mol. The molecule has 6 heteroatoms. The molecule has 0 spiro atoms. The SMILES string of the molecule is Cc1cc(F)ccc1-n1c(CCl)nc2cc(Br)cnc21. The molecule has 20 heavy (non-hydrogen) atoms. The second-order valence-electron chi connectivity index (χ2n) is 4.42. The van der Waals surface area contributed by atoms with Gasteiger partial charge in [-0.3, -0.25) is 4.57 Å². The first kappa shape index (κ1) is 13.5. The summed E-state index contributed by atoms with van der Waals surface area (Å²) in [7, 11) is 0. The molecule has 0 aliphatic rings. The van der Waals surface area contributed by atoms with Crippen LogP contribution in [-0.2, 0) is 5.88 Å². The van der Waals surface area contributed by atoms with Gasteiger partial charge in [-0.05, 0) is 52.7 Å². The molecule has 1 aromatic carbocycles. The molecule has 3 aromatic rings. The predicted molar refractivity (Wildman–Crippen MR) is 80.8 cm³/mol. The number of aryl methyl sites for hydroxylation is 1. The van der Waals surface area contributed by atoms with E-state index in [1.54, 1.807) is 12.3 Å². The molecule has 0 saturated heterocycles. The summed E-state index contributed by atoms with van der Waals surface area (Å²) in [5.41, 5.74) is 3.09. The van der Waals surface area contributed by atoms with Crippen LogP contribution >= 0.6 is 27.5 Å². The van der Waals surface area contributed by atoms with Crippen molar-refractivity contribution in [3.63, 3.8) is 0 Å². The summed E-state index contributed by atoms with van der Waals surface area (Å²) in [5, 5.41) is 0. The van der Waals surface area contributed by atoms with Gasteiger partial charge in [0.2, 0.25) is 0 Å². The average Bonchev–Trinajstić information content (AvgIpc) is 2.76. The van der Waals surface area contributed by atoms with Gasteiger partial charge in [-0.1, -0.05) is 0 Å². The van der Waals surface area contributed by atoms with E-state index >= 15 is 0 Å². The van der Waals surface area contributed by atoms with Gasteiger partial charge in [0, 0.05) is 10.7 Å². The summed E-state index contributed by atoms with van der Waals surface area (Å²) in [5.74, 6) is 0.672. The van der Waals surface area contributed by atoms with Crippen molar-refractivity contribution in [2.75, 3.05) is 0 Å². The lowest BCUT2D eigenvalue weighted by atomic mass is 10.2. The van der Waals surface area contributed by atoms with Crippen LogP contribution < -0.4 is 0 Å². The molecule has 102 valence electrons. The van der Waals surface area contributed by atoms with Gasteiger partial charge in [-0.2, -0.15) is 0 Å². The summed E-state index contributed by atoms with van der Waals surface area (Å²) in [6.45, 7) is 1.85. The van der Waals surface area contributed by atoms with Crippen molar-refractivity contribution in [3.05, 3.63) is 52.1 Å². The highest BCUT2D eigenvalue weighted by Gasteiger charge is 2.15. The standard InChI is InChI=1S/C14H10BrClFN3/c1-8-4-10(17)2-3-12(8)20-13(6-16)19-11-5-9(15)7-18-14(11)20/h2-5,7H,6H2,1H3. The molecular formula is C14H10BrClFN3. The van der Waals surface area contributed by atoms with Gasteiger partial charge < -0.3 is 0 Å². The van der Waals surface area contributed by atoms with Crippen molar-refractivity contribution in [2.24, 2.45) is 0 Å². The number of aromatic nitrogens is 3. The quantitative estimate of drug-likeness (QED) is 0.640. The zero-order valence-electron chi connectivity index (χ0n) is 10.6. The Kier molecular flexibility index (Phi) is 3.48. The Labute approximate surface area is 128 Å². The largest absolute Gasteiger partial charge is 0.279 e. The van der Waals surface area contributed by atoms with Crippen molar-refractivity contribution < 1.29 is 4.39 Å². The number of rotatable bonds is 2. The third-order valence-electron chi connectivity index (χ3n) is 3.05. The minimum Gasteiger partial charge on any atom is -0.279 e. The van der Waals surface area contributed by atoms with Crippen LogP contribution in [0.25, 0.3) is 16.9 Å². The molecule has 0 atom stereocenters. The highest BCUT2D eigenvalue weighted by Crippen LogP contribution is 2.25. The minimum atomic E-state index is -0.265. The Morgan fingerprint density at radius 2 is 2.15 bits per heavy atom. The van der Waals surface area contributed by atoms with Crippen LogP contribution in [0.3, 0.4) is 0 Å². The van der Waals surface area contributed by atoms with Gasteiger partial charge in [0.1, 0.15) is 17.2 Å². The minimum absolute atomic E-state index is 0.255. The monoisotopic (exact) mass is 353 g/mol. The van der Waals surface area contributed by atoms with Crippen LogP contribution in [-0.4, -0.2) is 14.5 Å². The first-order chi connectivity index (χ1) is 9.60. The lowest BCUT2D eigenvalue weighted by Crippen LogP contribution is -2.02. The van der Waals surface area contributed by atoms with E-state index in [4.69, 9.17) is 11.6 Å². The van der Waals surface area contributed by atoms with Crippen molar-refractivity contribution in [2.45, 2.75) is 12.8 Å². The Morgan fingerprint density at radius 3 is 2.85 bits per heavy atom. The van der Waals surface area contributed by atoms with Crippen LogP contribution in [0, 0.1) is 12.7 Å². The van der Waals surface area contributed by atoms with Gasteiger partial charge in [-0.25, -0.2) is 14.4 Å². The van der Waals surface area contributed by atoms with Gasteiger partial charge in [0.25, 0.3) is 0 Å². The van der Waals surface area contributed by atoms with E-state index in [2.05, 4.69) is 25.9 Å². The Balaban J connectivity index is 2.34. The summed E-state index contributed by atoms with van der Waals surface area (Å²) in [6, 6.07) is 6.50. The van der Waals surface area contributed by atoms with Crippen LogP contribution in [0.15, 0.2) is 34.9 Å². The van der Waals surface area contributed by atoms with Crippen molar-refractivity contribution in [1.29, 1.82) is 0 Å². The molecule has 3 nitrogen and oxygen atoms in total. The molecule has 0 bridgehead atoms. The van der Waals surface area contributed by atoms with E-state index in [0.717, 1.165) is 21.2 Å². The van der Waals surface area contributed by atoms with Crippen LogP contribution in [0.1, 0.15) is 11.4 Å². The smallest absolute Gasteiger partial charge is 0.164 e. The predicted octanol–water partition coefficient (Wildman–Crippen LogP) is 4.37. The number of pyridine rings is 1. The molecule has 0 fully saturated rings. The molecule has 0 N–H and O–H groups in total. The fourth-order valence-corrected chi connectivity index (χ4v) is 2.70. The maximum absolute atomic E-state index is 13.3. The second kappa shape index (κ2) is 5.14. The van der Waals surface area contributed by atoms with Gasteiger partial charge >= 0.3 is 0 Å². The van der Waals surface area contributed by atoms with E-state index < -0.39 is 0 Å². The maximum Gasteiger partial charge on any atom is 0.164 e. The number of alkyl halides is 1. The molecule has 0 unspecified atom stereocenters. The summed E-state index contributed by atoms with van der Waals surface area (Å²) < 4.78 is 16.0. The van der Waals surface area contributed by atoms with Gasteiger partial charge in [-0.15, -0.1) is 11.6 Å². The first-order valence-corrected chi connectivity index (χ1v) is 7.28. The van der Waals surface area contributed by atoms with Crippen LogP contribution in [0.5, 0.6) is 0 Å². The Hall–Kier alpha value is -1.46. The van der Waals surface area contributed by atoms with E-state index in [1.807, 2.05) is 17.6 Å². The van der Waals surface area contributed by atoms with Crippen LogP contribution in [0.2, 0.25) is 0 Å². The number of imidazole rings is 1. The Bertz CT molecular complexity index is 800. The van der Waals surface area contributed by atoms with E-state index in [1.165, 1.54) is 12.1 Å². The number of hydrogen-bond donors (Lipinski definition) is 0. The molecule has 0 amide bonds. The number of benzene rings is 1. The zero-order chi connectivity index (χ0) is 14.3.